The van der Waals surface area contributed by atoms with Crippen molar-refractivity contribution < 1.29 is 24.2 Å². The number of hydrogen-bond acceptors (Lipinski definition) is 5. The fraction of sp³-hybridized carbons (Fsp3) is 0.526. The molecule has 0 radical (unpaired) electrons. The van der Waals surface area contributed by atoms with Gasteiger partial charge in [0.2, 0.25) is 0 Å². The molecule has 1 unspecified atom stereocenters. The van der Waals surface area contributed by atoms with E-state index in [1.54, 1.807) is 6.92 Å². The third-order valence-corrected chi connectivity index (χ3v) is 4.56. The summed E-state index contributed by atoms with van der Waals surface area (Å²) < 4.78 is 5.11. The summed E-state index contributed by atoms with van der Waals surface area (Å²) in [6.45, 7) is 2.35. The normalized spacial score (nSPS) is 17.4. The molecule has 1 aliphatic rings. The molecule has 0 bridgehead atoms. The van der Waals surface area contributed by atoms with Crippen LogP contribution in [0.1, 0.15) is 31.7 Å². The fourth-order valence-electron chi connectivity index (χ4n) is 3.17. The van der Waals surface area contributed by atoms with Gasteiger partial charge in [0.05, 0.1) is 6.61 Å². The third-order valence-electron chi connectivity index (χ3n) is 4.56. The van der Waals surface area contributed by atoms with E-state index in [4.69, 9.17) is 4.74 Å². The van der Waals surface area contributed by atoms with Crippen molar-refractivity contribution in [2.45, 2.75) is 44.7 Å². The van der Waals surface area contributed by atoms with Gasteiger partial charge in [-0.2, -0.15) is 0 Å². The zero-order valence-electron chi connectivity index (χ0n) is 15.8. The van der Waals surface area contributed by atoms with Gasteiger partial charge < -0.3 is 14.7 Å². The molecule has 1 aromatic carbocycles. The van der Waals surface area contributed by atoms with E-state index in [1.807, 2.05) is 30.3 Å². The van der Waals surface area contributed by atoms with E-state index in [2.05, 4.69) is 5.43 Å². The first-order valence-electron chi connectivity index (χ1n) is 9.18. The van der Waals surface area contributed by atoms with Crippen molar-refractivity contribution in [1.29, 1.82) is 0 Å². The van der Waals surface area contributed by atoms with E-state index < -0.39 is 30.1 Å². The minimum absolute atomic E-state index is 0.243. The predicted molar refractivity (Wildman–Crippen MR) is 98.8 cm³/mol. The highest BCUT2D eigenvalue weighted by molar-refractivity contribution is 5.83. The lowest BCUT2D eigenvalue weighted by molar-refractivity contribution is -0.147. The molecule has 148 valence electrons. The van der Waals surface area contributed by atoms with Crippen LogP contribution in [0.5, 0.6) is 0 Å². The summed E-state index contributed by atoms with van der Waals surface area (Å²) >= 11 is 0. The number of rotatable bonds is 8. The van der Waals surface area contributed by atoms with Crippen molar-refractivity contribution in [3.63, 3.8) is 0 Å². The van der Waals surface area contributed by atoms with Crippen LogP contribution in [0.4, 0.5) is 4.79 Å². The van der Waals surface area contributed by atoms with E-state index in [0.29, 0.717) is 32.2 Å². The number of benzene rings is 1. The van der Waals surface area contributed by atoms with Gasteiger partial charge in [-0.15, -0.1) is 0 Å². The lowest BCUT2D eigenvalue weighted by atomic mass is 10.1. The molecule has 2 N–H and O–H groups in total. The standard InChI is InChI=1S/C19H27N3O5/c1-3-27-18(25)15(12-11-14-8-5-4-6-9-14)20-21(2)19(26)22-13-7-10-16(22)17(23)24/h4-6,8-9,15-16,20H,3,7,10-13H2,1-2H3,(H,23,24)/t15?,16-/m0/s1. The van der Waals surface area contributed by atoms with E-state index in [1.165, 1.54) is 17.0 Å². The first-order valence-corrected chi connectivity index (χ1v) is 9.18. The van der Waals surface area contributed by atoms with Crippen LogP contribution in [0.2, 0.25) is 0 Å². The highest BCUT2D eigenvalue weighted by Crippen LogP contribution is 2.18. The van der Waals surface area contributed by atoms with Crippen molar-refractivity contribution in [1.82, 2.24) is 15.3 Å². The zero-order valence-corrected chi connectivity index (χ0v) is 15.8. The van der Waals surface area contributed by atoms with Crippen LogP contribution in [0.25, 0.3) is 0 Å². The summed E-state index contributed by atoms with van der Waals surface area (Å²) in [5, 5.41) is 10.4. The quantitative estimate of drug-likeness (QED) is 0.528. The molecule has 1 fully saturated rings. The van der Waals surface area contributed by atoms with Crippen molar-refractivity contribution in [3.8, 4) is 0 Å². The number of nitrogens with one attached hydrogen (secondary N) is 1. The topological polar surface area (TPSA) is 99.2 Å². The molecule has 1 saturated heterocycles. The summed E-state index contributed by atoms with van der Waals surface area (Å²) in [6.07, 6.45) is 2.17. The summed E-state index contributed by atoms with van der Waals surface area (Å²) in [7, 11) is 1.49. The summed E-state index contributed by atoms with van der Waals surface area (Å²) in [4.78, 5) is 37.5. The molecular formula is C19H27N3O5. The predicted octanol–water partition coefficient (Wildman–Crippen LogP) is 1.66. The first-order chi connectivity index (χ1) is 12.9. The lowest BCUT2D eigenvalue weighted by Crippen LogP contribution is -2.55. The first kappa shape index (κ1) is 20.7. The number of hydrazine groups is 1. The van der Waals surface area contributed by atoms with Crippen LogP contribution in [0.15, 0.2) is 30.3 Å². The Kier molecular flexibility index (Phi) is 7.60. The van der Waals surface area contributed by atoms with Crippen LogP contribution in [-0.4, -0.2) is 65.3 Å². The number of urea groups is 1. The number of carboxylic acid groups (broad SMARTS) is 1. The largest absolute Gasteiger partial charge is 0.480 e. The highest BCUT2D eigenvalue weighted by Gasteiger charge is 2.36. The molecule has 0 saturated carbocycles. The van der Waals surface area contributed by atoms with Crippen molar-refractivity contribution in [2.75, 3.05) is 20.2 Å². The molecule has 0 aromatic heterocycles. The maximum atomic E-state index is 12.6. The summed E-state index contributed by atoms with van der Waals surface area (Å²) in [5.41, 5.74) is 3.96. The van der Waals surface area contributed by atoms with Gasteiger partial charge in [0.25, 0.3) is 0 Å². The Morgan fingerprint density at radius 2 is 2.04 bits per heavy atom. The Hall–Kier alpha value is -2.61. The second kappa shape index (κ2) is 9.91. The number of carbonyl (C=O) groups excluding carboxylic acids is 2. The van der Waals surface area contributed by atoms with Gasteiger partial charge in [0.15, 0.2) is 0 Å². The van der Waals surface area contributed by atoms with Gasteiger partial charge in [-0.1, -0.05) is 30.3 Å². The molecule has 0 aliphatic carbocycles. The van der Waals surface area contributed by atoms with Crippen molar-refractivity contribution >= 4 is 18.0 Å². The Morgan fingerprint density at radius 3 is 2.67 bits per heavy atom. The van der Waals surface area contributed by atoms with Gasteiger partial charge in [0.1, 0.15) is 12.1 Å². The maximum absolute atomic E-state index is 12.6. The van der Waals surface area contributed by atoms with Crippen LogP contribution in [0.3, 0.4) is 0 Å². The second-order valence-corrected chi connectivity index (χ2v) is 6.49. The molecule has 27 heavy (non-hydrogen) atoms. The number of carboxylic acids is 1. The van der Waals surface area contributed by atoms with E-state index in [0.717, 1.165) is 5.56 Å². The van der Waals surface area contributed by atoms with E-state index in [-0.39, 0.29) is 6.61 Å². The number of nitrogens with zero attached hydrogens (tertiary/aromatic N) is 2. The number of hydrogen-bond donors (Lipinski definition) is 2. The van der Waals surface area contributed by atoms with Crippen molar-refractivity contribution in [2.24, 2.45) is 0 Å². The average molecular weight is 377 g/mol. The fourth-order valence-corrected chi connectivity index (χ4v) is 3.17. The molecular weight excluding hydrogens is 350 g/mol. The molecule has 2 rings (SSSR count). The number of esters is 1. The molecule has 2 atom stereocenters. The van der Waals surface area contributed by atoms with Gasteiger partial charge in [-0.3, -0.25) is 9.80 Å². The number of ether oxygens (including phenoxy) is 1. The Balaban J connectivity index is 2.01. The zero-order chi connectivity index (χ0) is 19.8. The highest BCUT2D eigenvalue weighted by atomic mass is 16.5. The smallest absolute Gasteiger partial charge is 0.334 e. The lowest BCUT2D eigenvalue weighted by Gasteiger charge is -2.30. The number of aliphatic carboxylic acids is 1. The number of likely N-dealkylation sites (tertiary alicyclic amines) is 1. The molecule has 8 nitrogen and oxygen atoms in total. The molecule has 0 spiro atoms. The van der Waals surface area contributed by atoms with Gasteiger partial charge in [-0.25, -0.2) is 15.0 Å². The van der Waals surface area contributed by atoms with Crippen molar-refractivity contribution in [3.05, 3.63) is 35.9 Å². The molecule has 1 heterocycles. The Bertz CT molecular complexity index is 652. The second-order valence-electron chi connectivity index (χ2n) is 6.49. The average Bonchev–Trinajstić information content (AvgIpc) is 3.15. The van der Waals surface area contributed by atoms with Crippen LogP contribution in [0, 0.1) is 0 Å². The SMILES string of the molecule is CCOC(=O)C(CCc1ccccc1)NN(C)C(=O)N1CCC[C@H]1C(=O)O. The Morgan fingerprint density at radius 1 is 1.33 bits per heavy atom. The van der Waals surface area contributed by atoms with Gasteiger partial charge in [0, 0.05) is 13.6 Å². The number of amides is 2. The van der Waals surface area contributed by atoms with Gasteiger partial charge in [-0.05, 0) is 38.2 Å². The molecule has 1 aliphatic heterocycles. The van der Waals surface area contributed by atoms with Crippen LogP contribution < -0.4 is 5.43 Å². The molecule has 8 heteroatoms. The monoisotopic (exact) mass is 377 g/mol. The summed E-state index contributed by atoms with van der Waals surface area (Å²) in [6, 6.07) is 7.73. The molecule has 2 amide bonds. The minimum atomic E-state index is -1.01. The number of carbonyl (C=O) groups is 3. The summed E-state index contributed by atoms with van der Waals surface area (Å²) in [5.74, 6) is -1.45. The van der Waals surface area contributed by atoms with Crippen LogP contribution in [-0.2, 0) is 20.7 Å². The van der Waals surface area contributed by atoms with Crippen LogP contribution >= 0.6 is 0 Å². The third kappa shape index (κ3) is 5.68. The van der Waals surface area contributed by atoms with E-state index in [9.17, 15) is 19.5 Å². The maximum Gasteiger partial charge on any atom is 0.334 e. The van der Waals surface area contributed by atoms with E-state index >= 15 is 0 Å². The van der Waals surface area contributed by atoms with Gasteiger partial charge >= 0.3 is 18.0 Å². The Labute approximate surface area is 159 Å². The number of aryl methyl sites for hydroxylation is 1. The molecule has 1 aromatic rings. The minimum Gasteiger partial charge on any atom is -0.480 e.